The third-order valence-corrected chi connectivity index (χ3v) is 7.26. The number of aromatic nitrogens is 2. The van der Waals surface area contributed by atoms with E-state index in [1.165, 1.54) is 0 Å². The number of nitrogens with zero attached hydrogens (tertiary/aromatic N) is 2. The molecule has 1 aromatic heterocycles. The minimum Gasteiger partial charge on any atom is -0.345 e. The molecule has 1 aromatic carbocycles. The Morgan fingerprint density at radius 3 is 2.64 bits per heavy atom. The fraction of sp³-hybridized carbons (Fsp3) is 0.500. The minimum atomic E-state index is -3.55. The zero-order chi connectivity index (χ0) is 19.9. The van der Waals surface area contributed by atoms with Crippen LogP contribution in [0.3, 0.4) is 0 Å². The molecule has 4 rings (SSSR count). The Labute approximate surface area is 165 Å². The molecule has 1 fully saturated rings. The highest BCUT2D eigenvalue weighted by molar-refractivity contribution is 7.89. The highest BCUT2D eigenvalue weighted by atomic mass is 32.2. The smallest absolute Gasteiger partial charge is 0.255 e. The molecular weight excluding hydrogens is 376 g/mol. The lowest BCUT2D eigenvalue weighted by Gasteiger charge is -2.16. The molecule has 0 radical (unpaired) electrons. The highest BCUT2D eigenvalue weighted by Crippen LogP contribution is 2.33. The van der Waals surface area contributed by atoms with Crippen LogP contribution in [0.2, 0.25) is 0 Å². The average Bonchev–Trinajstić information content (AvgIpc) is 3.35. The van der Waals surface area contributed by atoms with Crippen molar-refractivity contribution >= 4 is 15.9 Å². The molecule has 2 aliphatic rings. The molecule has 0 spiro atoms. The molecule has 2 N–H and O–H groups in total. The van der Waals surface area contributed by atoms with Crippen molar-refractivity contribution in [1.29, 1.82) is 0 Å². The summed E-state index contributed by atoms with van der Waals surface area (Å²) in [6, 6.07) is 5.11. The largest absolute Gasteiger partial charge is 0.345 e. The number of sulfonamides is 1. The van der Waals surface area contributed by atoms with E-state index in [1.807, 2.05) is 6.07 Å². The lowest BCUT2D eigenvalue weighted by atomic mass is 10.1. The number of amides is 1. The molecule has 1 heterocycles. The summed E-state index contributed by atoms with van der Waals surface area (Å²) in [7, 11) is -1.77. The summed E-state index contributed by atoms with van der Waals surface area (Å²) < 4.78 is 30.0. The van der Waals surface area contributed by atoms with E-state index in [4.69, 9.17) is 0 Å². The van der Waals surface area contributed by atoms with Gasteiger partial charge in [-0.05, 0) is 55.9 Å². The van der Waals surface area contributed by atoms with E-state index in [9.17, 15) is 13.2 Å². The second-order valence-corrected chi connectivity index (χ2v) is 9.54. The molecular formula is C20H26N4O3S. The number of hydrogen-bond donors (Lipinski definition) is 2. The summed E-state index contributed by atoms with van der Waals surface area (Å²) in [4.78, 5) is 12.9. The first-order valence-corrected chi connectivity index (χ1v) is 11.3. The Balaban J connectivity index is 1.55. The Kier molecular flexibility index (Phi) is 5.01. The van der Waals surface area contributed by atoms with Gasteiger partial charge in [0.15, 0.2) is 0 Å². The molecule has 0 saturated heterocycles. The van der Waals surface area contributed by atoms with Crippen LogP contribution in [-0.4, -0.2) is 30.1 Å². The van der Waals surface area contributed by atoms with Gasteiger partial charge < -0.3 is 5.32 Å². The van der Waals surface area contributed by atoms with Gasteiger partial charge >= 0.3 is 0 Å². The van der Waals surface area contributed by atoms with E-state index >= 15 is 0 Å². The summed E-state index contributed by atoms with van der Waals surface area (Å²) >= 11 is 0. The fourth-order valence-electron chi connectivity index (χ4n) is 4.29. The third-order valence-electron chi connectivity index (χ3n) is 5.75. The second kappa shape index (κ2) is 7.33. The molecule has 28 heavy (non-hydrogen) atoms. The van der Waals surface area contributed by atoms with Crippen LogP contribution >= 0.6 is 0 Å². The lowest BCUT2D eigenvalue weighted by Crippen LogP contribution is -2.33. The van der Waals surface area contributed by atoms with Crippen LogP contribution in [0.1, 0.15) is 65.3 Å². The first kappa shape index (κ1) is 19.1. The minimum absolute atomic E-state index is 0.0299. The first-order valence-electron chi connectivity index (χ1n) is 9.80. The molecule has 0 unspecified atom stereocenters. The average molecular weight is 403 g/mol. The van der Waals surface area contributed by atoms with Crippen molar-refractivity contribution < 1.29 is 13.2 Å². The summed E-state index contributed by atoms with van der Waals surface area (Å²) in [6.45, 7) is 1.80. The molecule has 1 saturated carbocycles. The zero-order valence-corrected chi connectivity index (χ0v) is 17.1. The van der Waals surface area contributed by atoms with Gasteiger partial charge in [0.2, 0.25) is 10.0 Å². The van der Waals surface area contributed by atoms with Gasteiger partial charge in [-0.1, -0.05) is 18.9 Å². The zero-order valence-electron chi connectivity index (χ0n) is 16.2. The Morgan fingerprint density at radius 1 is 1.21 bits per heavy atom. The van der Waals surface area contributed by atoms with E-state index in [-0.39, 0.29) is 22.9 Å². The Bertz CT molecular complexity index is 1010. The Morgan fingerprint density at radius 2 is 1.96 bits per heavy atom. The van der Waals surface area contributed by atoms with Gasteiger partial charge in [-0.25, -0.2) is 13.1 Å². The van der Waals surface area contributed by atoms with E-state index in [2.05, 4.69) is 15.1 Å². The van der Waals surface area contributed by atoms with E-state index in [1.54, 1.807) is 37.0 Å². The SMILES string of the molecule is Cc1nn(C)cc1C(=O)N[C@H]1CCc2ccc(S(=O)(=O)NC3CCCC3)cc21. The van der Waals surface area contributed by atoms with Crippen molar-refractivity contribution in [3.05, 3.63) is 46.8 Å². The van der Waals surface area contributed by atoms with Crippen molar-refractivity contribution in [3.63, 3.8) is 0 Å². The number of nitrogens with one attached hydrogen (secondary N) is 2. The van der Waals surface area contributed by atoms with Gasteiger partial charge in [0, 0.05) is 19.3 Å². The van der Waals surface area contributed by atoms with Crippen molar-refractivity contribution in [2.75, 3.05) is 0 Å². The summed E-state index contributed by atoms with van der Waals surface area (Å²) in [5.41, 5.74) is 3.20. The molecule has 0 aliphatic heterocycles. The van der Waals surface area contributed by atoms with Crippen molar-refractivity contribution in [2.45, 2.75) is 62.4 Å². The standard InChI is InChI=1S/C20H26N4O3S/c1-13-18(12-24(2)22-13)20(25)21-19-10-8-14-7-9-16(11-17(14)19)28(26,27)23-15-5-3-4-6-15/h7,9,11-12,15,19,23H,3-6,8,10H2,1-2H3,(H,21,25)/t19-/m0/s1. The summed E-state index contributed by atoms with van der Waals surface area (Å²) in [5, 5.41) is 7.26. The molecule has 7 nitrogen and oxygen atoms in total. The van der Waals surface area contributed by atoms with Crippen LogP contribution in [0.15, 0.2) is 29.3 Å². The number of hydrogen-bond acceptors (Lipinski definition) is 4. The monoisotopic (exact) mass is 402 g/mol. The molecule has 2 aliphatic carbocycles. The molecule has 0 bridgehead atoms. The fourth-order valence-corrected chi connectivity index (χ4v) is 5.63. The van der Waals surface area contributed by atoms with Crippen molar-refractivity contribution in [3.8, 4) is 0 Å². The maximum atomic E-state index is 12.8. The van der Waals surface area contributed by atoms with Crippen molar-refractivity contribution in [1.82, 2.24) is 19.8 Å². The van der Waals surface area contributed by atoms with Crippen LogP contribution in [-0.2, 0) is 23.5 Å². The van der Waals surface area contributed by atoms with Gasteiger partial charge in [0.05, 0.1) is 22.2 Å². The predicted molar refractivity (Wildman–Crippen MR) is 105 cm³/mol. The molecule has 2 aromatic rings. The van der Waals surface area contributed by atoms with Gasteiger partial charge in [0.1, 0.15) is 0 Å². The van der Waals surface area contributed by atoms with E-state index in [0.717, 1.165) is 49.7 Å². The first-order chi connectivity index (χ1) is 13.3. The summed E-state index contributed by atoms with van der Waals surface area (Å²) in [6.07, 6.45) is 7.22. The van der Waals surface area contributed by atoms with Crippen LogP contribution in [0.25, 0.3) is 0 Å². The number of benzene rings is 1. The number of rotatable bonds is 5. The van der Waals surface area contributed by atoms with Gasteiger partial charge in [-0.3, -0.25) is 9.48 Å². The highest BCUT2D eigenvalue weighted by Gasteiger charge is 2.29. The maximum Gasteiger partial charge on any atom is 0.255 e. The van der Waals surface area contributed by atoms with E-state index < -0.39 is 10.0 Å². The molecule has 1 amide bonds. The third kappa shape index (κ3) is 3.71. The van der Waals surface area contributed by atoms with Crippen LogP contribution in [0, 0.1) is 6.92 Å². The Hall–Kier alpha value is -2.19. The normalized spacial score (nSPS) is 19.7. The van der Waals surface area contributed by atoms with Gasteiger partial charge in [-0.15, -0.1) is 0 Å². The number of aryl methyl sites for hydroxylation is 3. The quantitative estimate of drug-likeness (QED) is 0.803. The van der Waals surface area contributed by atoms with Crippen LogP contribution in [0.4, 0.5) is 0 Å². The molecule has 8 heteroatoms. The van der Waals surface area contributed by atoms with Crippen LogP contribution < -0.4 is 10.0 Å². The van der Waals surface area contributed by atoms with E-state index in [0.29, 0.717) is 11.3 Å². The number of fused-ring (bicyclic) bond motifs is 1. The molecule has 150 valence electrons. The van der Waals surface area contributed by atoms with Crippen LogP contribution in [0.5, 0.6) is 0 Å². The van der Waals surface area contributed by atoms with Gasteiger partial charge in [-0.2, -0.15) is 5.10 Å². The summed E-state index contributed by atoms with van der Waals surface area (Å²) in [5.74, 6) is -0.180. The van der Waals surface area contributed by atoms with Gasteiger partial charge in [0.25, 0.3) is 5.91 Å². The maximum absolute atomic E-state index is 12.8. The molecule has 1 atom stereocenters. The number of carbonyl (C=O) groups is 1. The second-order valence-electron chi connectivity index (χ2n) is 7.83. The lowest BCUT2D eigenvalue weighted by molar-refractivity contribution is 0.0936. The topological polar surface area (TPSA) is 93.1 Å². The predicted octanol–water partition coefficient (Wildman–Crippen LogP) is 2.37. The van der Waals surface area contributed by atoms with Crippen molar-refractivity contribution in [2.24, 2.45) is 7.05 Å². The number of carbonyl (C=O) groups excluding carboxylic acids is 1.